The van der Waals surface area contributed by atoms with Gasteiger partial charge in [-0.1, -0.05) is 18.2 Å². The van der Waals surface area contributed by atoms with Gasteiger partial charge < -0.3 is 9.64 Å². The van der Waals surface area contributed by atoms with E-state index in [1.165, 1.54) is 6.07 Å². The van der Waals surface area contributed by atoms with Crippen molar-refractivity contribution in [3.05, 3.63) is 64.7 Å². The summed E-state index contributed by atoms with van der Waals surface area (Å²) in [5.41, 5.74) is 2.82. The molecule has 0 saturated carbocycles. The molecule has 2 aromatic carbocycles. The molecule has 0 aromatic heterocycles. The average molecular weight is 375 g/mol. The Bertz CT molecular complexity index is 792. The second kappa shape index (κ2) is 9.49. The minimum absolute atomic E-state index is 0.0287. The lowest BCUT2D eigenvalue weighted by Crippen LogP contribution is -2.29. The SMILES string of the molecule is Cc1ccc(C)c(OCCCCC(=O)N(C)C(C)c2ccc(F)c(F)c2)c1. The predicted molar refractivity (Wildman–Crippen MR) is 103 cm³/mol. The summed E-state index contributed by atoms with van der Waals surface area (Å²) in [5.74, 6) is -0.933. The number of unbranched alkanes of at least 4 members (excludes halogenated alkanes) is 1. The number of aryl methyl sites for hydroxylation is 2. The first-order valence-corrected chi connectivity index (χ1v) is 9.20. The second-order valence-corrected chi connectivity index (χ2v) is 6.93. The number of hydrogen-bond donors (Lipinski definition) is 0. The summed E-state index contributed by atoms with van der Waals surface area (Å²) < 4.78 is 32.3. The molecule has 146 valence electrons. The van der Waals surface area contributed by atoms with Crippen LogP contribution in [0.2, 0.25) is 0 Å². The third-order valence-corrected chi connectivity index (χ3v) is 4.79. The fourth-order valence-electron chi connectivity index (χ4n) is 2.81. The van der Waals surface area contributed by atoms with E-state index in [9.17, 15) is 13.6 Å². The molecule has 0 spiro atoms. The van der Waals surface area contributed by atoms with Crippen LogP contribution in [-0.2, 0) is 4.79 Å². The van der Waals surface area contributed by atoms with Gasteiger partial charge in [0.2, 0.25) is 5.91 Å². The number of rotatable bonds is 8. The van der Waals surface area contributed by atoms with Crippen molar-refractivity contribution < 1.29 is 18.3 Å². The topological polar surface area (TPSA) is 29.5 Å². The molecule has 0 fully saturated rings. The maximum Gasteiger partial charge on any atom is 0.222 e. The highest BCUT2D eigenvalue weighted by Crippen LogP contribution is 2.22. The Labute approximate surface area is 160 Å². The van der Waals surface area contributed by atoms with Gasteiger partial charge in [-0.25, -0.2) is 8.78 Å². The van der Waals surface area contributed by atoms with Crippen LogP contribution in [0, 0.1) is 25.5 Å². The van der Waals surface area contributed by atoms with E-state index in [4.69, 9.17) is 4.74 Å². The molecule has 1 atom stereocenters. The lowest BCUT2D eigenvalue weighted by Gasteiger charge is -2.25. The van der Waals surface area contributed by atoms with Gasteiger partial charge in [0.25, 0.3) is 0 Å². The zero-order valence-electron chi connectivity index (χ0n) is 16.4. The number of hydrogen-bond acceptors (Lipinski definition) is 2. The zero-order chi connectivity index (χ0) is 20.0. The van der Waals surface area contributed by atoms with Gasteiger partial charge in [-0.15, -0.1) is 0 Å². The van der Waals surface area contributed by atoms with Crippen molar-refractivity contribution in [2.45, 2.75) is 46.1 Å². The quantitative estimate of drug-likeness (QED) is 0.582. The molecule has 27 heavy (non-hydrogen) atoms. The molecule has 2 aromatic rings. The van der Waals surface area contributed by atoms with Crippen molar-refractivity contribution in [2.24, 2.45) is 0 Å². The van der Waals surface area contributed by atoms with Crippen molar-refractivity contribution in [2.75, 3.05) is 13.7 Å². The molecule has 0 N–H and O–H groups in total. The molecule has 2 rings (SSSR count). The predicted octanol–water partition coefficient (Wildman–Crippen LogP) is 5.35. The van der Waals surface area contributed by atoms with Gasteiger partial charge in [0.15, 0.2) is 11.6 Å². The lowest BCUT2D eigenvalue weighted by molar-refractivity contribution is -0.131. The number of ether oxygens (including phenoxy) is 1. The number of nitrogens with zero attached hydrogens (tertiary/aromatic N) is 1. The van der Waals surface area contributed by atoms with E-state index in [2.05, 4.69) is 0 Å². The highest BCUT2D eigenvalue weighted by Gasteiger charge is 2.18. The highest BCUT2D eigenvalue weighted by atomic mass is 19.2. The van der Waals surface area contributed by atoms with E-state index in [1.807, 2.05) is 32.0 Å². The normalized spacial score (nSPS) is 11.9. The Morgan fingerprint density at radius 3 is 2.52 bits per heavy atom. The number of amides is 1. The number of benzene rings is 2. The molecule has 0 aliphatic rings. The first-order chi connectivity index (χ1) is 12.8. The number of halogens is 2. The van der Waals surface area contributed by atoms with Crippen LogP contribution >= 0.6 is 0 Å². The molecular formula is C22H27F2NO2. The highest BCUT2D eigenvalue weighted by molar-refractivity contribution is 5.76. The van der Waals surface area contributed by atoms with Gasteiger partial charge >= 0.3 is 0 Å². The van der Waals surface area contributed by atoms with Crippen LogP contribution in [0.5, 0.6) is 5.75 Å². The second-order valence-electron chi connectivity index (χ2n) is 6.93. The van der Waals surface area contributed by atoms with E-state index in [1.54, 1.807) is 18.9 Å². The summed E-state index contributed by atoms with van der Waals surface area (Å²) in [5, 5.41) is 0. The number of carbonyl (C=O) groups excluding carboxylic acids is 1. The summed E-state index contributed by atoms with van der Waals surface area (Å²) in [6, 6.07) is 9.50. The third kappa shape index (κ3) is 5.78. The van der Waals surface area contributed by atoms with Gasteiger partial charge in [-0.3, -0.25) is 4.79 Å². The molecule has 0 radical (unpaired) electrons. The Kier molecular flexibility index (Phi) is 7.34. The fourth-order valence-corrected chi connectivity index (χ4v) is 2.81. The van der Waals surface area contributed by atoms with Crippen LogP contribution < -0.4 is 4.74 Å². The molecule has 0 heterocycles. The van der Waals surface area contributed by atoms with Crippen LogP contribution in [0.1, 0.15) is 48.9 Å². The zero-order valence-corrected chi connectivity index (χ0v) is 16.4. The van der Waals surface area contributed by atoms with Crippen LogP contribution in [-0.4, -0.2) is 24.5 Å². The number of carbonyl (C=O) groups is 1. The van der Waals surface area contributed by atoms with Gasteiger partial charge in [0.1, 0.15) is 5.75 Å². The molecule has 0 saturated heterocycles. The van der Waals surface area contributed by atoms with Crippen molar-refractivity contribution in [1.29, 1.82) is 0 Å². The molecule has 1 unspecified atom stereocenters. The summed E-state index contributed by atoms with van der Waals surface area (Å²) in [7, 11) is 1.68. The van der Waals surface area contributed by atoms with Crippen molar-refractivity contribution in [1.82, 2.24) is 4.90 Å². The van der Waals surface area contributed by atoms with Crippen molar-refractivity contribution in [3.63, 3.8) is 0 Å². The van der Waals surface area contributed by atoms with E-state index in [-0.39, 0.29) is 11.9 Å². The van der Waals surface area contributed by atoms with Gasteiger partial charge in [-0.2, -0.15) is 0 Å². The lowest BCUT2D eigenvalue weighted by atomic mass is 10.1. The summed E-state index contributed by atoms with van der Waals surface area (Å²) in [6.45, 7) is 6.39. The Hall–Kier alpha value is -2.43. The standard InChI is InChI=1S/C22H27F2NO2/c1-15-8-9-16(2)21(13-15)27-12-6-5-7-22(26)25(4)17(3)18-10-11-19(23)20(24)14-18/h8-11,13-14,17H,5-7,12H2,1-4H3. The monoisotopic (exact) mass is 375 g/mol. The Balaban J connectivity index is 1.77. The van der Waals surface area contributed by atoms with Crippen LogP contribution in [0.15, 0.2) is 36.4 Å². The van der Waals surface area contributed by atoms with E-state index >= 15 is 0 Å². The van der Waals surface area contributed by atoms with Gasteiger partial charge in [-0.05, 0) is 68.5 Å². The molecule has 0 aliphatic heterocycles. The van der Waals surface area contributed by atoms with Gasteiger partial charge in [0.05, 0.1) is 12.6 Å². The Morgan fingerprint density at radius 1 is 1.07 bits per heavy atom. The van der Waals surface area contributed by atoms with E-state index < -0.39 is 11.6 Å². The molecule has 5 heteroatoms. The maximum absolute atomic E-state index is 13.4. The smallest absolute Gasteiger partial charge is 0.222 e. The first-order valence-electron chi connectivity index (χ1n) is 9.20. The van der Waals surface area contributed by atoms with Crippen LogP contribution in [0.25, 0.3) is 0 Å². The summed E-state index contributed by atoms with van der Waals surface area (Å²) in [6.07, 6.45) is 1.87. The summed E-state index contributed by atoms with van der Waals surface area (Å²) >= 11 is 0. The molecule has 1 amide bonds. The fraction of sp³-hybridized carbons (Fsp3) is 0.409. The van der Waals surface area contributed by atoms with Crippen molar-refractivity contribution >= 4 is 5.91 Å². The summed E-state index contributed by atoms with van der Waals surface area (Å²) in [4.78, 5) is 13.9. The third-order valence-electron chi connectivity index (χ3n) is 4.79. The van der Waals surface area contributed by atoms with E-state index in [0.717, 1.165) is 35.4 Å². The minimum Gasteiger partial charge on any atom is -0.493 e. The van der Waals surface area contributed by atoms with Crippen LogP contribution in [0.4, 0.5) is 8.78 Å². The molecule has 0 bridgehead atoms. The van der Waals surface area contributed by atoms with E-state index in [0.29, 0.717) is 25.0 Å². The van der Waals surface area contributed by atoms with Crippen molar-refractivity contribution in [3.8, 4) is 5.75 Å². The van der Waals surface area contributed by atoms with Crippen LogP contribution in [0.3, 0.4) is 0 Å². The minimum atomic E-state index is -0.899. The largest absolute Gasteiger partial charge is 0.493 e. The maximum atomic E-state index is 13.4. The molecule has 3 nitrogen and oxygen atoms in total. The average Bonchev–Trinajstić information content (AvgIpc) is 2.65. The molecule has 0 aliphatic carbocycles. The molecular weight excluding hydrogens is 348 g/mol. The van der Waals surface area contributed by atoms with Gasteiger partial charge in [0, 0.05) is 13.5 Å². The Morgan fingerprint density at radius 2 is 1.81 bits per heavy atom. The first kappa shape index (κ1) is 20.9.